The van der Waals surface area contributed by atoms with Crippen LogP contribution in [-0.2, 0) is 6.42 Å². The highest BCUT2D eigenvalue weighted by Gasteiger charge is 2.18. The lowest BCUT2D eigenvalue weighted by Gasteiger charge is -2.18. The van der Waals surface area contributed by atoms with Crippen molar-refractivity contribution in [1.82, 2.24) is 0 Å². The lowest BCUT2D eigenvalue weighted by Crippen LogP contribution is -2.26. The van der Waals surface area contributed by atoms with Crippen molar-refractivity contribution in [2.45, 2.75) is 25.8 Å². The molecule has 0 aromatic heterocycles. The van der Waals surface area contributed by atoms with Gasteiger partial charge in [0, 0.05) is 24.8 Å². The van der Waals surface area contributed by atoms with E-state index in [1.807, 2.05) is 0 Å². The van der Waals surface area contributed by atoms with Crippen molar-refractivity contribution in [3.63, 3.8) is 0 Å². The van der Waals surface area contributed by atoms with Gasteiger partial charge < -0.3 is 10.6 Å². The summed E-state index contributed by atoms with van der Waals surface area (Å²) in [5.41, 5.74) is 8.59. The molecule has 1 aliphatic heterocycles. The molecule has 14 heavy (non-hydrogen) atoms. The van der Waals surface area contributed by atoms with Crippen LogP contribution in [0.15, 0.2) is 24.3 Å². The minimum Gasteiger partial charge on any atom is -0.370 e. The van der Waals surface area contributed by atoms with Gasteiger partial charge in [0.25, 0.3) is 0 Å². The van der Waals surface area contributed by atoms with Crippen LogP contribution in [0.5, 0.6) is 0 Å². The maximum atomic E-state index is 5.88. The van der Waals surface area contributed by atoms with Gasteiger partial charge in [0.2, 0.25) is 0 Å². The van der Waals surface area contributed by atoms with Gasteiger partial charge in [-0.2, -0.15) is 0 Å². The number of hydrogen-bond donors (Lipinski definition) is 1. The molecular formula is C12H18N2. The van der Waals surface area contributed by atoms with Gasteiger partial charge in [-0.1, -0.05) is 19.1 Å². The molecule has 1 aromatic rings. The van der Waals surface area contributed by atoms with Crippen molar-refractivity contribution < 1.29 is 0 Å². The van der Waals surface area contributed by atoms with Crippen LogP contribution in [0.2, 0.25) is 0 Å². The molecule has 1 aromatic carbocycles. The molecule has 0 bridgehead atoms. The van der Waals surface area contributed by atoms with Crippen LogP contribution in [0.3, 0.4) is 0 Å². The zero-order valence-corrected chi connectivity index (χ0v) is 8.74. The summed E-state index contributed by atoms with van der Waals surface area (Å²) in [7, 11) is 0. The molecule has 0 aliphatic carbocycles. The third-order valence-corrected chi connectivity index (χ3v) is 2.93. The number of rotatable bonds is 2. The normalized spacial score (nSPS) is 21.6. The molecule has 0 spiro atoms. The number of nitrogens with two attached hydrogens (primary N) is 1. The first-order valence-electron chi connectivity index (χ1n) is 5.39. The van der Waals surface area contributed by atoms with E-state index in [2.05, 4.69) is 36.1 Å². The quantitative estimate of drug-likeness (QED) is 0.770. The van der Waals surface area contributed by atoms with Crippen LogP contribution in [0, 0.1) is 0 Å². The Morgan fingerprint density at radius 2 is 2.07 bits per heavy atom. The van der Waals surface area contributed by atoms with Gasteiger partial charge in [-0.15, -0.1) is 0 Å². The largest absolute Gasteiger partial charge is 0.370 e. The Kier molecular flexibility index (Phi) is 2.73. The fraction of sp³-hybridized carbons (Fsp3) is 0.500. The minimum absolute atomic E-state index is 0.362. The smallest absolute Gasteiger partial charge is 0.0366 e. The van der Waals surface area contributed by atoms with Crippen molar-refractivity contribution in [3.05, 3.63) is 29.8 Å². The molecule has 2 N–H and O–H groups in total. The average molecular weight is 190 g/mol. The fourth-order valence-corrected chi connectivity index (χ4v) is 1.96. The van der Waals surface area contributed by atoms with Crippen LogP contribution >= 0.6 is 0 Å². The second-order valence-corrected chi connectivity index (χ2v) is 4.01. The topological polar surface area (TPSA) is 29.3 Å². The molecule has 2 heteroatoms. The molecule has 2 rings (SSSR count). The van der Waals surface area contributed by atoms with E-state index in [1.54, 1.807) is 0 Å². The Morgan fingerprint density at radius 1 is 1.36 bits per heavy atom. The van der Waals surface area contributed by atoms with Crippen molar-refractivity contribution in [2.75, 3.05) is 18.0 Å². The van der Waals surface area contributed by atoms with Crippen molar-refractivity contribution in [2.24, 2.45) is 5.73 Å². The second kappa shape index (κ2) is 4.01. The molecule has 0 unspecified atom stereocenters. The molecule has 0 radical (unpaired) electrons. The molecule has 1 saturated heterocycles. The van der Waals surface area contributed by atoms with E-state index in [0.717, 1.165) is 25.9 Å². The highest BCUT2D eigenvalue weighted by Crippen LogP contribution is 2.20. The van der Waals surface area contributed by atoms with Crippen LogP contribution in [0.25, 0.3) is 0 Å². The minimum atomic E-state index is 0.362. The average Bonchev–Trinajstić information content (AvgIpc) is 2.65. The van der Waals surface area contributed by atoms with E-state index in [1.165, 1.54) is 11.3 Å². The highest BCUT2D eigenvalue weighted by atomic mass is 15.2. The third kappa shape index (κ3) is 1.90. The van der Waals surface area contributed by atoms with Gasteiger partial charge in [-0.3, -0.25) is 0 Å². The van der Waals surface area contributed by atoms with Crippen LogP contribution in [0.4, 0.5) is 5.69 Å². The van der Waals surface area contributed by atoms with Gasteiger partial charge in [-0.05, 0) is 30.5 Å². The van der Waals surface area contributed by atoms with Gasteiger partial charge in [-0.25, -0.2) is 0 Å². The summed E-state index contributed by atoms with van der Waals surface area (Å²) in [6, 6.07) is 9.19. The summed E-state index contributed by atoms with van der Waals surface area (Å²) in [6.45, 7) is 4.29. The monoisotopic (exact) mass is 190 g/mol. The number of benzene rings is 1. The number of nitrogens with zero attached hydrogens (tertiary/aromatic N) is 1. The molecule has 1 fully saturated rings. The summed E-state index contributed by atoms with van der Waals surface area (Å²) >= 11 is 0. The van der Waals surface area contributed by atoms with Crippen LogP contribution in [0.1, 0.15) is 18.9 Å². The molecule has 1 heterocycles. The SMILES string of the molecule is CCc1ccc(N2CC[C@H](N)C2)cc1. The lowest BCUT2D eigenvalue weighted by atomic mass is 10.1. The van der Waals surface area contributed by atoms with E-state index < -0.39 is 0 Å². The van der Waals surface area contributed by atoms with Crippen LogP contribution < -0.4 is 10.6 Å². The molecule has 76 valence electrons. The first kappa shape index (κ1) is 9.53. The van der Waals surface area contributed by atoms with Gasteiger partial charge >= 0.3 is 0 Å². The number of anilines is 1. The first-order chi connectivity index (χ1) is 6.79. The summed E-state index contributed by atoms with van der Waals surface area (Å²) in [6.07, 6.45) is 2.23. The first-order valence-corrected chi connectivity index (χ1v) is 5.39. The maximum absolute atomic E-state index is 5.88. The Labute approximate surface area is 85.7 Å². The van der Waals surface area contributed by atoms with Gasteiger partial charge in [0.15, 0.2) is 0 Å². The summed E-state index contributed by atoms with van der Waals surface area (Å²) in [5.74, 6) is 0. The van der Waals surface area contributed by atoms with Crippen molar-refractivity contribution >= 4 is 5.69 Å². The lowest BCUT2D eigenvalue weighted by molar-refractivity contribution is 0.752. The molecule has 1 atom stereocenters. The van der Waals surface area contributed by atoms with Crippen LogP contribution in [-0.4, -0.2) is 19.1 Å². The Hall–Kier alpha value is -1.02. The Bertz CT molecular complexity index is 292. The van der Waals surface area contributed by atoms with E-state index in [0.29, 0.717) is 6.04 Å². The fourth-order valence-electron chi connectivity index (χ4n) is 1.96. The molecule has 0 saturated carbocycles. The maximum Gasteiger partial charge on any atom is 0.0366 e. The molecule has 2 nitrogen and oxygen atoms in total. The van der Waals surface area contributed by atoms with E-state index in [9.17, 15) is 0 Å². The second-order valence-electron chi connectivity index (χ2n) is 4.01. The van der Waals surface area contributed by atoms with Gasteiger partial charge in [0.1, 0.15) is 0 Å². The predicted molar refractivity (Wildman–Crippen MR) is 60.6 cm³/mol. The zero-order valence-electron chi connectivity index (χ0n) is 8.74. The predicted octanol–water partition coefficient (Wildman–Crippen LogP) is 1.79. The Morgan fingerprint density at radius 3 is 2.57 bits per heavy atom. The highest BCUT2D eigenvalue weighted by molar-refractivity contribution is 5.48. The molecule has 0 amide bonds. The standard InChI is InChI=1S/C12H18N2/c1-2-10-3-5-12(6-4-10)14-8-7-11(13)9-14/h3-6,11H,2,7-9,13H2,1H3/t11-/m0/s1. The van der Waals surface area contributed by atoms with E-state index in [-0.39, 0.29) is 0 Å². The molecular weight excluding hydrogens is 172 g/mol. The van der Waals surface area contributed by atoms with Crippen molar-refractivity contribution in [1.29, 1.82) is 0 Å². The van der Waals surface area contributed by atoms with E-state index >= 15 is 0 Å². The molecule has 1 aliphatic rings. The van der Waals surface area contributed by atoms with Crippen molar-refractivity contribution in [3.8, 4) is 0 Å². The Balaban J connectivity index is 2.09. The number of aryl methyl sites for hydroxylation is 1. The third-order valence-electron chi connectivity index (χ3n) is 2.93. The summed E-state index contributed by atoms with van der Waals surface area (Å²) in [4.78, 5) is 2.37. The zero-order chi connectivity index (χ0) is 9.97. The van der Waals surface area contributed by atoms with E-state index in [4.69, 9.17) is 5.73 Å². The summed E-state index contributed by atoms with van der Waals surface area (Å²) < 4.78 is 0. The van der Waals surface area contributed by atoms with Gasteiger partial charge in [0.05, 0.1) is 0 Å². The summed E-state index contributed by atoms with van der Waals surface area (Å²) in [5, 5.41) is 0. The number of hydrogen-bond acceptors (Lipinski definition) is 2.